The summed E-state index contributed by atoms with van der Waals surface area (Å²) in [6.07, 6.45) is 8.98. The highest BCUT2D eigenvalue weighted by molar-refractivity contribution is 9.11. The summed E-state index contributed by atoms with van der Waals surface area (Å²) in [5.41, 5.74) is 0. The van der Waals surface area contributed by atoms with E-state index in [1.807, 2.05) is 19.1 Å². The highest BCUT2D eigenvalue weighted by Crippen LogP contribution is 2.39. The number of aliphatic hydroxyl groups excluding tert-OH is 1. The minimum Gasteiger partial charge on any atom is -0.466 e. The third-order valence-corrected chi connectivity index (χ3v) is 12.2. The summed E-state index contributed by atoms with van der Waals surface area (Å²) < 4.78 is 42.5. The van der Waals surface area contributed by atoms with Crippen molar-refractivity contribution in [1.82, 2.24) is 0 Å². The molecule has 0 aliphatic carbocycles. The lowest BCUT2D eigenvalue weighted by atomic mass is 9.99. The zero-order valence-corrected chi connectivity index (χ0v) is 28.2. The van der Waals surface area contributed by atoms with E-state index in [-0.39, 0.29) is 23.9 Å². The van der Waals surface area contributed by atoms with Gasteiger partial charge in [0.05, 0.1) is 32.0 Å². The second-order valence-corrected chi connectivity index (χ2v) is 16.7. The van der Waals surface area contributed by atoms with Crippen molar-refractivity contribution in [2.24, 2.45) is 0 Å². The Hall–Kier alpha value is -1.15. The second kappa shape index (κ2) is 17.7. The molecule has 0 bridgehead atoms. The Bertz CT molecular complexity index is 881. The third kappa shape index (κ3) is 11.3. The molecule has 0 aromatic heterocycles. The van der Waals surface area contributed by atoms with Crippen molar-refractivity contribution < 1.29 is 42.7 Å². The molecule has 1 aliphatic rings. The summed E-state index contributed by atoms with van der Waals surface area (Å²) in [5.74, 6) is -0.440. The Kier molecular flexibility index (Phi) is 16.3. The second-order valence-electron chi connectivity index (χ2n) is 11.0. The molecule has 1 rings (SSSR count). The summed E-state index contributed by atoms with van der Waals surface area (Å²) in [4.78, 5) is 11.5. The van der Waals surface area contributed by atoms with Gasteiger partial charge in [0.15, 0.2) is 14.6 Å². The van der Waals surface area contributed by atoms with Gasteiger partial charge in [-0.15, -0.1) is 0 Å². The maximum atomic E-state index is 11.5. The fourth-order valence-electron chi connectivity index (χ4n) is 3.97. The van der Waals surface area contributed by atoms with Crippen LogP contribution >= 0.6 is 15.9 Å². The number of rotatable bonds is 15. The fraction of sp³-hybridized carbons (Fsp3) is 0.690. The highest BCUT2D eigenvalue weighted by Gasteiger charge is 2.48. The molecule has 230 valence electrons. The van der Waals surface area contributed by atoms with E-state index in [0.717, 1.165) is 4.48 Å². The van der Waals surface area contributed by atoms with Gasteiger partial charge in [-0.05, 0) is 43.6 Å². The van der Waals surface area contributed by atoms with Gasteiger partial charge in [0.2, 0.25) is 0 Å². The van der Waals surface area contributed by atoms with Crippen LogP contribution in [-0.4, -0.2) is 97.4 Å². The predicted molar refractivity (Wildman–Crippen MR) is 162 cm³/mol. The van der Waals surface area contributed by atoms with Gasteiger partial charge in [-0.1, -0.05) is 61.0 Å². The van der Waals surface area contributed by atoms with Gasteiger partial charge in [-0.25, -0.2) is 4.79 Å². The molecular weight excluding hydrogens is 600 g/mol. The van der Waals surface area contributed by atoms with Crippen molar-refractivity contribution in [3.63, 3.8) is 0 Å². The molecule has 0 aromatic carbocycles. The summed E-state index contributed by atoms with van der Waals surface area (Å²) in [6, 6.07) is 0. The highest BCUT2D eigenvalue weighted by atomic mass is 79.9. The first-order valence-electron chi connectivity index (χ1n) is 13.4. The Morgan fingerprint density at radius 1 is 1.00 bits per heavy atom. The van der Waals surface area contributed by atoms with Crippen LogP contribution in [-0.2, 0) is 37.6 Å². The van der Waals surface area contributed by atoms with Gasteiger partial charge >= 0.3 is 5.97 Å². The van der Waals surface area contributed by atoms with Crippen molar-refractivity contribution in [2.45, 2.75) is 95.2 Å². The standard InChI is InChI=1S/C29H49BrO9Si/c1-20-25(34-6)26(35-7)27(36-8)28(37-20)38-22(16-12-11-13-17-24(32)33-5)23(19-21(30)15-14-18-31)39-40(9,10)29(2,3)4/h11-15,17,19-20,22-23,25-28,31H,16,18H2,1-10H3/b12-11+,15-14+,17-13+,21-19-/t20-,22-,23+,25-,26+,27+,28-/m0/s1. The average Bonchev–Trinajstić information content (AvgIpc) is 2.89. The Labute approximate surface area is 249 Å². The van der Waals surface area contributed by atoms with Crippen LogP contribution in [0.3, 0.4) is 0 Å². The molecule has 1 heterocycles. The number of carbonyl (C=O) groups excluding carboxylic acids is 1. The molecule has 7 atom stereocenters. The van der Waals surface area contributed by atoms with E-state index in [4.69, 9.17) is 28.1 Å². The van der Waals surface area contributed by atoms with E-state index < -0.39 is 45.0 Å². The Morgan fingerprint density at radius 3 is 2.15 bits per heavy atom. The Morgan fingerprint density at radius 2 is 1.62 bits per heavy atom. The van der Waals surface area contributed by atoms with Crippen LogP contribution in [0.1, 0.15) is 34.1 Å². The van der Waals surface area contributed by atoms with Gasteiger partial charge in [-0.2, -0.15) is 0 Å². The number of carbonyl (C=O) groups is 1. The molecule has 1 aliphatic heterocycles. The first-order chi connectivity index (χ1) is 18.8. The van der Waals surface area contributed by atoms with E-state index in [2.05, 4.69) is 54.5 Å². The molecule has 0 unspecified atom stereocenters. The zero-order chi connectivity index (χ0) is 30.5. The van der Waals surface area contributed by atoms with Gasteiger partial charge in [0, 0.05) is 31.9 Å². The number of aliphatic hydroxyl groups is 1. The summed E-state index contributed by atoms with van der Waals surface area (Å²) in [7, 11) is 3.87. The van der Waals surface area contributed by atoms with E-state index in [1.165, 1.54) is 13.2 Å². The number of methoxy groups -OCH3 is 4. The largest absolute Gasteiger partial charge is 0.466 e. The van der Waals surface area contributed by atoms with Crippen LogP contribution in [0.5, 0.6) is 0 Å². The zero-order valence-electron chi connectivity index (χ0n) is 25.6. The average molecular weight is 650 g/mol. The lowest BCUT2D eigenvalue weighted by molar-refractivity contribution is -0.318. The molecular formula is C29H49BrO9Si. The van der Waals surface area contributed by atoms with Crippen LogP contribution in [0.15, 0.2) is 47.0 Å². The van der Waals surface area contributed by atoms with E-state index >= 15 is 0 Å². The minimum atomic E-state index is -2.28. The minimum absolute atomic E-state index is 0.0616. The van der Waals surface area contributed by atoms with Gasteiger partial charge in [0.1, 0.15) is 18.3 Å². The number of hydrogen-bond acceptors (Lipinski definition) is 9. The van der Waals surface area contributed by atoms with Crippen LogP contribution in [0, 0.1) is 0 Å². The molecule has 1 N–H and O–H groups in total. The molecule has 40 heavy (non-hydrogen) atoms. The number of ether oxygens (including phenoxy) is 6. The van der Waals surface area contributed by atoms with E-state index in [1.54, 1.807) is 45.6 Å². The van der Waals surface area contributed by atoms with E-state index in [0.29, 0.717) is 6.42 Å². The smallest absolute Gasteiger partial charge is 0.330 e. The molecule has 0 amide bonds. The lowest BCUT2D eigenvalue weighted by Crippen LogP contribution is -2.60. The number of esters is 1. The first-order valence-corrected chi connectivity index (χ1v) is 17.1. The maximum absolute atomic E-state index is 11.5. The number of hydrogen-bond donors (Lipinski definition) is 1. The maximum Gasteiger partial charge on any atom is 0.330 e. The van der Waals surface area contributed by atoms with Crippen LogP contribution in [0.2, 0.25) is 18.1 Å². The van der Waals surface area contributed by atoms with Gasteiger partial charge in [0.25, 0.3) is 0 Å². The normalized spacial score (nSPS) is 26.6. The number of halogens is 1. The van der Waals surface area contributed by atoms with Crippen LogP contribution < -0.4 is 0 Å². The summed E-state index contributed by atoms with van der Waals surface area (Å²) >= 11 is 3.59. The first kappa shape index (κ1) is 36.9. The quantitative estimate of drug-likeness (QED) is 0.113. The molecule has 0 saturated carbocycles. The molecule has 1 saturated heterocycles. The van der Waals surface area contributed by atoms with Crippen molar-refractivity contribution in [3.8, 4) is 0 Å². The van der Waals surface area contributed by atoms with Crippen LogP contribution in [0.4, 0.5) is 0 Å². The summed E-state index contributed by atoms with van der Waals surface area (Å²) in [6.45, 7) is 12.7. The molecule has 0 spiro atoms. The SMILES string of the molecule is COC(=O)/C=C/C=C/C[C@H](O[C@@H]1O[C@@H](C)[C@H](OC)[C@@H](OC)[C@H]1OC)[C@@H](/C=C(Br)/C=C/CO)O[Si](C)(C)C(C)(C)C. The summed E-state index contributed by atoms with van der Waals surface area (Å²) in [5, 5.41) is 9.22. The van der Waals surface area contributed by atoms with Gasteiger partial charge < -0.3 is 38.0 Å². The van der Waals surface area contributed by atoms with Crippen molar-refractivity contribution in [3.05, 3.63) is 47.0 Å². The monoisotopic (exact) mass is 648 g/mol. The number of allylic oxidation sites excluding steroid dienone is 4. The van der Waals surface area contributed by atoms with E-state index in [9.17, 15) is 9.90 Å². The van der Waals surface area contributed by atoms with Crippen molar-refractivity contribution in [2.75, 3.05) is 35.0 Å². The van der Waals surface area contributed by atoms with Crippen LogP contribution in [0.25, 0.3) is 0 Å². The molecule has 9 nitrogen and oxygen atoms in total. The Balaban J connectivity index is 3.52. The third-order valence-electron chi connectivity index (χ3n) is 7.21. The topological polar surface area (TPSA) is 102 Å². The lowest BCUT2D eigenvalue weighted by Gasteiger charge is -2.46. The fourth-order valence-corrected chi connectivity index (χ4v) is 5.67. The molecule has 1 fully saturated rings. The van der Waals surface area contributed by atoms with Gasteiger partial charge in [-0.3, -0.25) is 0 Å². The van der Waals surface area contributed by atoms with Crippen molar-refractivity contribution >= 4 is 30.2 Å². The predicted octanol–water partition coefficient (Wildman–Crippen LogP) is 5.05. The molecule has 0 aromatic rings. The molecule has 0 radical (unpaired) electrons. The molecule has 11 heteroatoms. The van der Waals surface area contributed by atoms with Crippen molar-refractivity contribution in [1.29, 1.82) is 0 Å².